The topological polar surface area (TPSA) is 64.6 Å². The second-order valence-electron chi connectivity index (χ2n) is 5.38. The summed E-state index contributed by atoms with van der Waals surface area (Å²) < 4.78 is 0. The maximum Gasteiger partial charge on any atom is 0.319 e. The van der Waals surface area contributed by atoms with E-state index in [9.17, 15) is 4.79 Å². The Labute approximate surface area is 114 Å². The molecule has 0 aliphatic rings. The molecule has 19 heavy (non-hydrogen) atoms. The molecule has 1 rings (SSSR count). The third-order valence-electron chi connectivity index (χ3n) is 2.83. The van der Waals surface area contributed by atoms with E-state index in [-0.39, 0.29) is 12.6 Å². The van der Waals surface area contributed by atoms with Crippen LogP contribution < -0.4 is 15.5 Å². The molecule has 0 aromatic heterocycles. The summed E-state index contributed by atoms with van der Waals surface area (Å²) in [6.45, 7) is 3.79. The summed E-state index contributed by atoms with van der Waals surface area (Å²) in [5.41, 5.74) is 1.39. The highest BCUT2D eigenvalue weighted by Gasteiger charge is 2.19. The van der Waals surface area contributed by atoms with Crippen LogP contribution in [0, 0.1) is 0 Å². The lowest BCUT2D eigenvalue weighted by Gasteiger charge is -2.25. The quantitative estimate of drug-likeness (QED) is 0.763. The zero-order valence-electron chi connectivity index (χ0n) is 12.0. The third kappa shape index (κ3) is 5.18. The summed E-state index contributed by atoms with van der Waals surface area (Å²) in [6, 6.07) is 7.32. The van der Waals surface area contributed by atoms with Gasteiger partial charge in [0.15, 0.2) is 0 Å². The minimum absolute atomic E-state index is 0.0464. The monoisotopic (exact) mass is 265 g/mol. The first-order chi connectivity index (χ1) is 8.84. The molecule has 106 valence electrons. The van der Waals surface area contributed by atoms with E-state index in [1.54, 1.807) is 0 Å². The standard InChI is InChI=1S/C14H23N3O2/c1-14(2,9-10-18)16-13(19)15-11-5-7-12(8-6-11)17(3)4/h5-8,18H,9-10H2,1-4H3,(H2,15,16,19). The predicted molar refractivity (Wildman–Crippen MR) is 78.7 cm³/mol. The highest BCUT2D eigenvalue weighted by Crippen LogP contribution is 2.16. The molecule has 0 spiro atoms. The van der Waals surface area contributed by atoms with Crippen LogP contribution in [0.25, 0.3) is 0 Å². The fraction of sp³-hybridized carbons (Fsp3) is 0.500. The molecule has 1 aromatic rings. The number of aliphatic hydroxyl groups excluding tert-OH is 1. The average molecular weight is 265 g/mol. The first-order valence-electron chi connectivity index (χ1n) is 6.31. The van der Waals surface area contributed by atoms with Crippen LogP contribution in [0.2, 0.25) is 0 Å². The van der Waals surface area contributed by atoms with Crippen LogP contribution in [0.15, 0.2) is 24.3 Å². The number of hydrogen-bond acceptors (Lipinski definition) is 3. The van der Waals surface area contributed by atoms with Crippen molar-refractivity contribution in [1.82, 2.24) is 5.32 Å². The first kappa shape index (κ1) is 15.3. The maximum absolute atomic E-state index is 11.8. The zero-order chi connectivity index (χ0) is 14.5. The number of urea groups is 1. The summed E-state index contributed by atoms with van der Waals surface area (Å²) in [5, 5.41) is 14.5. The van der Waals surface area contributed by atoms with Gasteiger partial charge in [-0.2, -0.15) is 0 Å². The molecule has 0 radical (unpaired) electrons. The second-order valence-corrected chi connectivity index (χ2v) is 5.38. The molecule has 0 saturated carbocycles. The molecular formula is C14H23N3O2. The van der Waals surface area contributed by atoms with Crippen LogP contribution in [0.3, 0.4) is 0 Å². The highest BCUT2D eigenvalue weighted by molar-refractivity contribution is 5.89. The van der Waals surface area contributed by atoms with Crippen molar-refractivity contribution < 1.29 is 9.90 Å². The van der Waals surface area contributed by atoms with Crippen molar-refractivity contribution in [1.29, 1.82) is 0 Å². The van der Waals surface area contributed by atoms with E-state index in [2.05, 4.69) is 10.6 Å². The van der Waals surface area contributed by atoms with E-state index < -0.39 is 5.54 Å². The zero-order valence-corrected chi connectivity index (χ0v) is 12.0. The molecule has 0 atom stereocenters. The van der Waals surface area contributed by atoms with Gasteiger partial charge in [0, 0.05) is 37.6 Å². The Morgan fingerprint density at radius 3 is 2.32 bits per heavy atom. The number of carbonyl (C=O) groups is 1. The SMILES string of the molecule is CN(C)c1ccc(NC(=O)NC(C)(C)CCO)cc1. The molecule has 5 nitrogen and oxygen atoms in total. The van der Waals surface area contributed by atoms with E-state index in [0.29, 0.717) is 6.42 Å². The molecular weight excluding hydrogens is 242 g/mol. The lowest BCUT2D eigenvalue weighted by Crippen LogP contribution is -2.46. The lowest BCUT2D eigenvalue weighted by molar-refractivity contribution is 0.218. The molecule has 0 unspecified atom stereocenters. The Morgan fingerprint density at radius 2 is 1.84 bits per heavy atom. The van der Waals surface area contributed by atoms with Crippen molar-refractivity contribution in [3.8, 4) is 0 Å². The van der Waals surface area contributed by atoms with Gasteiger partial charge >= 0.3 is 6.03 Å². The Balaban J connectivity index is 2.57. The van der Waals surface area contributed by atoms with E-state index in [1.165, 1.54) is 0 Å². The fourth-order valence-corrected chi connectivity index (χ4v) is 1.65. The van der Waals surface area contributed by atoms with Gasteiger partial charge < -0.3 is 20.6 Å². The Hall–Kier alpha value is -1.75. The fourth-order valence-electron chi connectivity index (χ4n) is 1.65. The van der Waals surface area contributed by atoms with Crippen LogP contribution in [0.5, 0.6) is 0 Å². The summed E-state index contributed by atoms with van der Waals surface area (Å²) >= 11 is 0. The van der Waals surface area contributed by atoms with Crippen molar-refractivity contribution in [3.63, 3.8) is 0 Å². The molecule has 0 aliphatic carbocycles. The number of anilines is 2. The largest absolute Gasteiger partial charge is 0.396 e. The van der Waals surface area contributed by atoms with Crippen molar-refractivity contribution in [2.45, 2.75) is 25.8 Å². The number of rotatable bonds is 5. The molecule has 0 bridgehead atoms. The molecule has 0 heterocycles. The van der Waals surface area contributed by atoms with Crippen LogP contribution in [0.4, 0.5) is 16.2 Å². The number of hydrogen-bond donors (Lipinski definition) is 3. The van der Waals surface area contributed by atoms with Crippen molar-refractivity contribution in [3.05, 3.63) is 24.3 Å². The Bertz CT molecular complexity index is 413. The summed E-state index contributed by atoms with van der Waals surface area (Å²) in [4.78, 5) is 13.8. The van der Waals surface area contributed by atoms with Crippen LogP contribution in [0.1, 0.15) is 20.3 Å². The van der Waals surface area contributed by atoms with Crippen LogP contribution in [-0.2, 0) is 0 Å². The Kier molecular flexibility index (Phi) is 5.18. The van der Waals surface area contributed by atoms with E-state index in [0.717, 1.165) is 11.4 Å². The minimum atomic E-state index is -0.428. The molecule has 0 fully saturated rings. The van der Waals surface area contributed by atoms with Gasteiger partial charge in [0.2, 0.25) is 0 Å². The summed E-state index contributed by atoms with van der Waals surface area (Å²) in [7, 11) is 3.93. The van der Waals surface area contributed by atoms with Gasteiger partial charge in [-0.05, 0) is 44.5 Å². The number of carbonyl (C=O) groups excluding carboxylic acids is 1. The van der Waals surface area contributed by atoms with E-state index in [4.69, 9.17) is 5.11 Å². The molecule has 0 aliphatic heterocycles. The number of amides is 2. The summed E-state index contributed by atoms with van der Waals surface area (Å²) in [5.74, 6) is 0. The molecule has 5 heteroatoms. The van der Waals surface area contributed by atoms with Gasteiger partial charge in [0.1, 0.15) is 0 Å². The maximum atomic E-state index is 11.8. The average Bonchev–Trinajstić information content (AvgIpc) is 2.28. The van der Waals surface area contributed by atoms with E-state index in [1.807, 2.05) is 57.1 Å². The predicted octanol–water partition coefficient (Wildman–Crippen LogP) is 2.04. The molecule has 2 amide bonds. The smallest absolute Gasteiger partial charge is 0.319 e. The van der Waals surface area contributed by atoms with Gasteiger partial charge in [0.05, 0.1) is 0 Å². The van der Waals surface area contributed by atoms with Crippen LogP contribution >= 0.6 is 0 Å². The minimum Gasteiger partial charge on any atom is -0.396 e. The highest BCUT2D eigenvalue weighted by atomic mass is 16.3. The number of nitrogens with one attached hydrogen (secondary N) is 2. The lowest BCUT2D eigenvalue weighted by atomic mass is 10.0. The van der Waals surface area contributed by atoms with Gasteiger partial charge in [-0.3, -0.25) is 0 Å². The van der Waals surface area contributed by atoms with Crippen molar-refractivity contribution in [2.75, 3.05) is 30.9 Å². The van der Waals surface area contributed by atoms with Gasteiger partial charge in [-0.1, -0.05) is 0 Å². The molecule has 3 N–H and O–H groups in total. The Morgan fingerprint density at radius 1 is 1.26 bits per heavy atom. The third-order valence-corrected chi connectivity index (χ3v) is 2.83. The van der Waals surface area contributed by atoms with Gasteiger partial charge in [0.25, 0.3) is 0 Å². The first-order valence-corrected chi connectivity index (χ1v) is 6.31. The van der Waals surface area contributed by atoms with Gasteiger partial charge in [-0.25, -0.2) is 4.79 Å². The van der Waals surface area contributed by atoms with Crippen molar-refractivity contribution >= 4 is 17.4 Å². The summed E-state index contributed by atoms with van der Waals surface area (Å²) in [6.07, 6.45) is 0.514. The van der Waals surface area contributed by atoms with Gasteiger partial charge in [-0.15, -0.1) is 0 Å². The number of aliphatic hydroxyl groups is 1. The molecule has 0 saturated heterocycles. The normalized spacial score (nSPS) is 11.0. The number of benzene rings is 1. The van der Waals surface area contributed by atoms with E-state index >= 15 is 0 Å². The van der Waals surface area contributed by atoms with Crippen molar-refractivity contribution in [2.24, 2.45) is 0 Å². The molecule has 1 aromatic carbocycles. The number of nitrogens with zero attached hydrogens (tertiary/aromatic N) is 1. The van der Waals surface area contributed by atoms with Crippen LogP contribution in [-0.4, -0.2) is 37.4 Å². The second kappa shape index (κ2) is 6.43.